The smallest absolute Gasteiger partial charge is 0.186 e. The lowest BCUT2D eigenvalue weighted by Crippen LogP contribution is -2.58. The Kier molecular flexibility index (Phi) is 3.34. The van der Waals surface area contributed by atoms with Gasteiger partial charge >= 0.3 is 0 Å². The van der Waals surface area contributed by atoms with E-state index in [1.807, 2.05) is 0 Å². The summed E-state index contributed by atoms with van der Waals surface area (Å²) in [5, 5.41) is 27.7. The van der Waals surface area contributed by atoms with E-state index in [1.54, 1.807) is 0 Å². The maximum absolute atomic E-state index is 10.4. The van der Waals surface area contributed by atoms with Crippen LogP contribution in [0.3, 0.4) is 0 Å². The number of hydrogen-bond donors (Lipinski definition) is 3. The summed E-state index contributed by atoms with van der Waals surface area (Å²) in [4.78, 5) is 10.4. The van der Waals surface area contributed by atoms with Crippen LogP contribution in [-0.2, 0) is 14.3 Å². The van der Waals surface area contributed by atoms with Gasteiger partial charge in [-0.15, -0.1) is 0 Å². The zero-order chi connectivity index (χ0) is 10.0. The zero-order valence-electron chi connectivity index (χ0n) is 7.03. The van der Waals surface area contributed by atoms with Crippen LogP contribution in [0.5, 0.6) is 0 Å². The molecule has 6 nitrogen and oxygen atoms in total. The van der Waals surface area contributed by atoms with Crippen LogP contribution in [-0.4, -0.2) is 59.4 Å². The number of aliphatic hydroxyl groups excluding tert-OH is 3. The van der Waals surface area contributed by atoms with Gasteiger partial charge in [0.25, 0.3) is 0 Å². The molecule has 1 saturated heterocycles. The van der Waals surface area contributed by atoms with E-state index in [4.69, 9.17) is 4.74 Å². The van der Waals surface area contributed by atoms with E-state index in [2.05, 4.69) is 4.74 Å². The number of carbonyl (C=O) groups excluding carboxylic acids is 1. The maximum atomic E-state index is 10.4. The molecule has 1 heterocycles. The van der Waals surface area contributed by atoms with E-state index in [1.165, 1.54) is 7.11 Å². The van der Waals surface area contributed by atoms with E-state index >= 15 is 0 Å². The van der Waals surface area contributed by atoms with Gasteiger partial charge in [0.1, 0.15) is 24.4 Å². The standard InChI is InChI=1S/C7H12O6/c1-12-7-6(11)5(10)4(9)3(2-8)13-7/h2-7,9-11H,1H3. The van der Waals surface area contributed by atoms with E-state index in [0.29, 0.717) is 6.29 Å². The molecule has 0 aromatic carbocycles. The third-order valence-electron chi connectivity index (χ3n) is 1.97. The van der Waals surface area contributed by atoms with Gasteiger partial charge in [0, 0.05) is 7.11 Å². The second kappa shape index (κ2) is 4.12. The van der Waals surface area contributed by atoms with Crippen molar-refractivity contribution in [2.75, 3.05) is 7.11 Å². The number of rotatable bonds is 2. The molecule has 5 atom stereocenters. The summed E-state index contributed by atoms with van der Waals surface area (Å²) >= 11 is 0. The average molecular weight is 192 g/mol. The lowest BCUT2D eigenvalue weighted by atomic mass is 10.00. The zero-order valence-corrected chi connectivity index (χ0v) is 7.03. The number of aldehydes is 1. The molecule has 5 unspecified atom stereocenters. The van der Waals surface area contributed by atoms with Gasteiger partial charge in [-0.2, -0.15) is 0 Å². The van der Waals surface area contributed by atoms with Crippen LogP contribution in [0.25, 0.3) is 0 Å². The highest BCUT2D eigenvalue weighted by molar-refractivity contribution is 5.57. The SMILES string of the molecule is COC1OC(C=O)C(O)C(O)C1O. The Morgan fingerprint density at radius 1 is 1.23 bits per heavy atom. The molecular formula is C7H12O6. The Labute approximate surface area is 74.7 Å². The largest absolute Gasteiger partial charge is 0.387 e. The molecule has 0 amide bonds. The van der Waals surface area contributed by atoms with Crippen LogP contribution >= 0.6 is 0 Å². The summed E-state index contributed by atoms with van der Waals surface area (Å²) in [5.41, 5.74) is 0. The second-order valence-electron chi connectivity index (χ2n) is 2.81. The molecular weight excluding hydrogens is 180 g/mol. The summed E-state index contributed by atoms with van der Waals surface area (Å²) in [5.74, 6) is 0. The first kappa shape index (κ1) is 10.6. The molecule has 0 aromatic heterocycles. The minimum atomic E-state index is -1.44. The first-order valence-corrected chi connectivity index (χ1v) is 3.79. The van der Waals surface area contributed by atoms with Crippen molar-refractivity contribution in [3.63, 3.8) is 0 Å². The van der Waals surface area contributed by atoms with Crippen LogP contribution in [0.2, 0.25) is 0 Å². The van der Waals surface area contributed by atoms with E-state index in [9.17, 15) is 20.1 Å². The summed E-state index contributed by atoms with van der Waals surface area (Å²) in [6.45, 7) is 0. The van der Waals surface area contributed by atoms with Crippen molar-refractivity contribution in [2.24, 2.45) is 0 Å². The number of ether oxygens (including phenoxy) is 2. The summed E-state index contributed by atoms with van der Waals surface area (Å²) in [6.07, 6.45) is -6.10. The fourth-order valence-electron chi connectivity index (χ4n) is 1.18. The molecule has 0 spiro atoms. The molecule has 3 N–H and O–H groups in total. The highest BCUT2D eigenvalue weighted by Gasteiger charge is 2.43. The lowest BCUT2D eigenvalue weighted by molar-refractivity contribution is -0.280. The Morgan fingerprint density at radius 3 is 2.31 bits per heavy atom. The van der Waals surface area contributed by atoms with Gasteiger partial charge < -0.3 is 29.6 Å². The number of carbonyl (C=O) groups is 1. The van der Waals surface area contributed by atoms with Gasteiger partial charge in [-0.3, -0.25) is 0 Å². The molecule has 1 aliphatic heterocycles. The molecule has 0 radical (unpaired) electrons. The Hall–Kier alpha value is -0.530. The van der Waals surface area contributed by atoms with Gasteiger partial charge in [0.2, 0.25) is 0 Å². The third kappa shape index (κ3) is 1.87. The quantitative estimate of drug-likeness (QED) is 0.423. The van der Waals surface area contributed by atoms with Crippen molar-refractivity contribution in [2.45, 2.75) is 30.7 Å². The molecule has 6 heteroatoms. The third-order valence-corrected chi connectivity index (χ3v) is 1.97. The fraction of sp³-hybridized carbons (Fsp3) is 0.857. The van der Waals surface area contributed by atoms with E-state index < -0.39 is 30.7 Å². The summed E-state index contributed by atoms with van der Waals surface area (Å²) in [7, 11) is 1.26. The fourth-order valence-corrected chi connectivity index (χ4v) is 1.18. The molecule has 0 aliphatic carbocycles. The van der Waals surface area contributed by atoms with Crippen molar-refractivity contribution in [1.82, 2.24) is 0 Å². The molecule has 13 heavy (non-hydrogen) atoms. The van der Waals surface area contributed by atoms with Gasteiger partial charge in [-0.05, 0) is 0 Å². The molecule has 1 aliphatic rings. The molecule has 0 bridgehead atoms. The summed E-state index contributed by atoms with van der Waals surface area (Å²) < 4.78 is 9.48. The Balaban J connectivity index is 2.71. The van der Waals surface area contributed by atoms with Crippen LogP contribution in [0.1, 0.15) is 0 Å². The van der Waals surface area contributed by atoms with E-state index in [-0.39, 0.29) is 0 Å². The number of aliphatic hydroxyl groups is 3. The second-order valence-corrected chi connectivity index (χ2v) is 2.81. The minimum absolute atomic E-state index is 0.353. The molecule has 0 aromatic rings. The first-order chi connectivity index (χ1) is 6.11. The van der Waals surface area contributed by atoms with Gasteiger partial charge in [0.05, 0.1) is 0 Å². The lowest BCUT2D eigenvalue weighted by Gasteiger charge is -2.37. The highest BCUT2D eigenvalue weighted by Crippen LogP contribution is 2.20. The van der Waals surface area contributed by atoms with Crippen molar-refractivity contribution >= 4 is 6.29 Å². The van der Waals surface area contributed by atoms with Gasteiger partial charge in [-0.1, -0.05) is 0 Å². The van der Waals surface area contributed by atoms with Crippen LogP contribution in [0.4, 0.5) is 0 Å². The number of hydrogen-bond acceptors (Lipinski definition) is 6. The normalized spacial score (nSPS) is 46.0. The monoisotopic (exact) mass is 192 g/mol. The molecule has 1 rings (SSSR count). The van der Waals surface area contributed by atoms with Crippen molar-refractivity contribution < 1.29 is 29.6 Å². The first-order valence-electron chi connectivity index (χ1n) is 3.79. The highest BCUT2D eigenvalue weighted by atomic mass is 16.7. The van der Waals surface area contributed by atoms with Gasteiger partial charge in [-0.25, -0.2) is 0 Å². The topological polar surface area (TPSA) is 96.2 Å². The van der Waals surface area contributed by atoms with Gasteiger partial charge in [0.15, 0.2) is 12.6 Å². The predicted octanol–water partition coefficient (Wildman–Crippen LogP) is -2.36. The molecule has 1 fully saturated rings. The minimum Gasteiger partial charge on any atom is -0.387 e. The predicted molar refractivity (Wildman–Crippen MR) is 39.8 cm³/mol. The van der Waals surface area contributed by atoms with Crippen LogP contribution < -0.4 is 0 Å². The summed E-state index contributed by atoms with van der Waals surface area (Å²) in [6, 6.07) is 0. The average Bonchev–Trinajstić information content (AvgIpc) is 2.15. The molecule has 76 valence electrons. The van der Waals surface area contributed by atoms with Crippen molar-refractivity contribution in [3.05, 3.63) is 0 Å². The maximum Gasteiger partial charge on any atom is 0.186 e. The van der Waals surface area contributed by atoms with Crippen LogP contribution in [0.15, 0.2) is 0 Å². The van der Waals surface area contributed by atoms with Crippen LogP contribution in [0, 0.1) is 0 Å². The van der Waals surface area contributed by atoms with Crippen molar-refractivity contribution in [1.29, 1.82) is 0 Å². The number of methoxy groups -OCH3 is 1. The van der Waals surface area contributed by atoms with E-state index in [0.717, 1.165) is 0 Å². The van der Waals surface area contributed by atoms with Crippen molar-refractivity contribution in [3.8, 4) is 0 Å². The Morgan fingerprint density at radius 2 is 1.85 bits per heavy atom. The Bertz CT molecular complexity index is 182. The molecule has 0 saturated carbocycles.